The number of rotatable bonds is 5. The molecule has 1 aliphatic rings. The maximum atomic E-state index is 4.83. The Hall–Kier alpha value is -0.960. The highest BCUT2D eigenvalue weighted by atomic mass is 32.2. The molecule has 1 heterocycles. The first-order valence-corrected chi connectivity index (χ1v) is 8.16. The summed E-state index contributed by atoms with van der Waals surface area (Å²) < 4.78 is 0. The van der Waals surface area contributed by atoms with Gasteiger partial charge in [-0.2, -0.15) is 0 Å². The van der Waals surface area contributed by atoms with Gasteiger partial charge in [-0.3, -0.25) is 4.99 Å². The van der Waals surface area contributed by atoms with E-state index in [0.29, 0.717) is 6.04 Å². The molecule has 1 atom stereocenters. The summed E-state index contributed by atoms with van der Waals surface area (Å²) >= 11 is 1.87. The van der Waals surface area contributed by atoms with Gasteiger partial charge in [0.25, 0.3) is 0 Å². The summed E-state index contributed by atoms with van der Waals surface area (Å²) in [5.41, 5.74) is 1.57. The fourth-order valence-corrected chi connectivity index (χ4v) is 3.24. The van der Waals surface area contributed by atoms with E-state index < -0.39 is 0 Å². The van der Waals surface area contributed by atoms with Gasteiger partial charge >= 0.3 is 0 Å². The zero-order chi connectivity index (χ0) is 13.7. The minimum atomic E-state index is 0.188. The van der Waals surface area contributed by atoms with E-state index in [1.54, 1.807) is 0 Å². The number of thioether (sulfide) groups is 1. The van der Waals surface area contributed by atoms with E-state index in [0.717, 1.165) is 30.2 Å². The Bertz CT molecular complexity index is 424. The summed E-state index contributed by atoms with van der Waals surface area (Å²) in [5.74, 6) is 1.10. The van der Waals surface area contributed by atoms with Crippen LogP contribution < -0.4 is 5.32 Å². The Morgan fingerprint density at radius 2 is 1.95 bits per heavy atom. The molecule has 1 aromatic carbocycles. The van der Waals surface area contributed by atoms with Crippen molar-refractivity contribution in [3.05, 3.63) is 35.9 Å². The fraction of sp³-hybridized carbons (Fsp3) is 0.562. The van der Waals surface area contributed by atoms with Crippen molar-refractivity contribution in [3.8, 4) is 0 Å². The fourth-order valence-electron chi connectivity index (χ4n) is 2.16. The van der Waals surface area contributed by atoms with Crippen molar-refractivity contribution in [2.75, 3.05) is 5.75 Å². The van der Waals surface area contributed by atoms with Crippen molar-refractivity contribution >= 4 is 16.9 Å². The Morgan fingerprint density at radius 3 is 2.58 bits per heavy atom. The molecule has 0 radical (unpaired) electrons. The number of nitrogens with zero attached hydrogens (tertiary/aromatic N) is 1. The van der Waals surface area contributed by atoms with Crippen LogP contribution in [0.2, 0.25) is 0 Å². The van der Waals surface area contributed by atoms with Crippen molar-refractivity contribution in [2.24, 2.45) is 4.99 Å². The van der Waals surface area contributed by atoms with Crippen LogP contribution in [-0.4, -0.2) is 22.5 Å². The van der Waals surface area contributed by atoms with E-state index >= 15 is 0 Å². The molecule has 0 bridgehead atoms. The van der Waals surface area contributed by atoms with Gasteiger partial charge < -0.3 is 5.32 Å². The number of nitrogens with one attached hydrogen (secondary N) is 1. The molecule has 1 aliphatic heterocycles. The van der Waals surface area contributed by atoms with E-state index in [-0.39, 0.29) is 5.54 Å². The summed E-state index contributed by atoms with van der Waals surface area (Å²) in [5, 5.41) is 4.75. The molecule has 1 N–H and O–H groups in total. The van der Waals surface area contributed by atoms with Crippen LogP contribution in [0.15, 0.2) is 35.3 Å². The second kappa shape index (κ2) is 6.47. The second-order valence-electron chi connectivity index (χ2n) is 5.48. The van der Waals surface area contributed by atoms with Crippen LogP contribution in [0.3, 0.4) is 0 Å². The number of benzene rings is 1. The summed E-state index contributed by atoms with van der Waals surface area (Å²) in [6.07, 6.45) is 3.31. The third kappa shape index (κ3) is 4.00. The normalized spacial score (nSPS) is 19.3. The summed E-state index contributed by atoms with van der Waals surface area (Å²) in [6.45, 7) is 6.75. The molecule has 0 spiro atoms. The lowest BCUT2D eigenvalue weighted by atomic mass is 9.96. The molecule has 0 saturated carbocycles. The number of hydrogen-bond donors (Lipinski definition) is 1. The zero-order valence-corrected chi connectivity index (χ0v) is 13.0. The molecular formula is C16H24N2S. The number of hydrogen-bond acceptors (Lipinski definition) is 3. The molecule has 104 valence electrons. The van der Waals surface area contributed by atoms with Gasteiger partial charge in [0.05, 0.1) is 6.04 Å². The van der Waals surface area contributed by atoms with E-state index in [1.165, 1.54) is 5.56 Å². The smallest absolute Gasteiger partial charge is 0.157 e. The first kappa shape index (κ1) is 14.4. The van der Waals surface area contributed by atoms with Crippen molar-refractivity contribution in [1.29, 1.82) is 0 Å². The third-order valence-electron chi connectivity index (χ3n) is 4.00. The highest BCUT2D eigenvalue weighted by Crippen LogP contribution is 2.23. The Labute approximate surface area is 121 Å². The topological polar surface area (TPSA) is 24.4 Å². The highest BCUT2D eigenvalue weighted by molar-refractivity contribution is 8.14. The summed E-state index contributed by atoms with van der Waals surface area (Å²) in [4.78, 5) is 4.83. The van der Waals surface area contributed by atoms with E-state index in [4.69, 9.17) is 4.99 Å². The molecule has 0 saturated heterocycles. The summed E-state index contributed by atoms with van der Waals surface area (Å²) in [7, 11) is 0. The standard InChI is InChI=1S/C16H24N2S/c1-4-16(3,5-2)18-15-17-14(12-19-15)11-13-9-7-6-8-10-13/h6-10,14H,4-5,11-12H2,1-3H3,(H,17,18). The lowest BCUT2D eigenvalue weighted by Crippen LogP contribution is -2.43. The van der Waals surface area contributed by atoms with Crippen molar-refractivity contribution in [2.45, 2.75) is 51.6 Å². The minimum absolute atomic E-state index is 0.188. The molecule has 1 unspecified atom stereocenters. The molecule has 0 fully saturated rings. The van der Waals surface area contributed by atoms with Crippen molar-refractivity contribution in [3.63, 3.8) is 0 Å². The Balaban J connectivity index is 1.94. The van der Waals surface area contributed by atoms with Gasteiger partial charge in [-0.15, -0.1) is 0 Å². The zero-order valence-electron chi connectivity index (χ0n) is 12.1. The van der Waals surface area contributed by atoms with Gasteiger partial charge in [0.2, 0.25) is 0 Å². The molecule has 1 aromatic rings. The molecule has 2 nitrogen and oxygen atoms in total. The molecule has 0 aliphatic carbocycles. The van der Waals surface area contributed by atoms with Gasteiger partial charge in [0.1, 0.15) is 0 Å². The van der Waals surface area contributed by atoms with Crippen LogP contribution in [0.1, 0.15) is 39.2 Å². The Kier molecular flexibility index (Phi) is 4.92. The quantitative estimate of drug-likeness (QED) is 0.883. The van der Waals surface area contributed by atoms with Crippen LogP contribution >= 0.6 is 11.8 Å². The maximum Gasteiger partial charge on any atom is 0.157 e. The van der Waals surface area contributed by atoms with Gasteiger partial charge in [0.15, 0.2) is 5.17 Å². The summed E-state index contributed by atoms with van der Waals surface area (Å²) in [6, 6.07) is 11.1. The van der Waals surface area contributed by atoms with Gasteiger partial charge in [-0.1, -0.05) is 55.9 Å². The third-order valence-corrected chi connectivity index (χ3v) is 5.03. The van der Waals surface area contributed by atoms with Crippen LogP contribution in [0.25, 0.3) is 0 Å². The van der Waals surface area contributed by atoms with E-state index in [1.807, 2.05) is 11.8 Å². The van der Waals surface area contributed by atoms with Crippen LogP contribution in [-0.2, 0) is 6.42 Å². The lowest BCUT2D eigenvalue weighted by Gasteiger charge is -2.28. The van der Waals surface area contributed by atoms with Crippen LogP contribution in [0.4, 0.5) is 0 Å². The molecule has 2 rings (SSSR count). The average molecular weight is 276 g/mol. The lowest BCUT2D eigenvalue weighted by molar-refractivity contribution is 0.391. The van der Waals surface area contributed by atoms with E-state index in [2.05, 4.69) is 56.4 Å². The second-order valence-corrected chi connectivity index (χ2v) is 6.49. The number of amidine groups is 1. The van der Waals surface area contributed by atoms with E-state index in [9.17, 15) is 0 Å². The van der Waals surface area contributed by atoms with Crippen molar-refractivity contribution in [1.82, 2.24) is 5.32 Å². The molecule has 3 heteroatoms. The first-order chi connectivity index (χ1) is 9.15. The van der Waals surface area contributed by atoms with Gasteiger partial charge in [-0.05, 0) is 31.7 Å². The predicted octanol–water partition coefficient (Wildman–Crippen LogP) is 3.87. The van der Waals surface area contributed by atoms with Crippen LogP contribution in [0.5, 0.6) is 0 Å². The van der Waals surface area contributed by atoms with Crippen molar-refractivity contribution < 1.29 is 0 Å². The van der Waals surface area contributed by atoms with Gasteiger partial charge in [0, 0.05) is 11.3 Å². The predicted molar refractivity (Wildman–Crippen MR) is 85.9 cm³/mol. The molecule has 0 amide bonds. The minimum Gasteiger partial charge on any atom is -0.360 e. The monoisotopic (exact) mass is 276 g/mol. The molecular weight excluding hydrogens is 252 g/mol. The number of aliphatic imine (C=N–C) groups is 1. The maximum absolute atomic E-state index is 4.83. The molecule has 19 heavy (non-hydrogen) atoms. The molecule has 0 aromatic heterocycles. The first-order valence-electron chi connectivity index (χ1n) is 7.18. The van der Waals surface area contributed by atoms with Gasteiger partial charge in [-0.25, -0.2) is 0 Å². The highest BCUT2D eigenvalue weighted by Gasteiger charge is 2.25. The average Bonchev–Trinajstić information content (AvgIpc) is 2.87. The Morgan fingerprint density at radius 1 is 1.26 bits per heavy atom. The van der Waals surface area contributed by atoms with Crippen LogP contribution in [0, 0.1) is 0 Å². The largest absolute Gasteiger partial charge is 0.360 e. The SMILES string of the molecule is CCC(C)(CC)NC1=NC(Cc2ccccc2)CS1.